The lowest BCUT2D eigenvalue weighted by atomic mass is 10.0. The number of anilines is 1. The summed E-state index contributed by atoms with van der Waals surface area (Å²) in [6.07, 6.45) is 3.12. The van der Waals surface area contributed by atoms with Gasteiger partial charge in [0.1, 0.15) is 0 Å². The second-order valence-electron chi connectivity index (χ2n) is 7.33. The van der Waals surface area contributed by atoms with Gasteiger partial charge in [-0.15, -0.1) is 11.3 Å². The van der Waals surface area contributed by atoms with Crippen molar-refractivity contribution < 1.29 is 9.59 Å². The average molecular weight is 451 g/mol. The van der Waals surface area contributed by atoms with Gasteiger partial charge in [0, 0.05) is 17.4 Å². The third-order valence-corrected chi connectivity index (χ3v) is 5.86. The van der Waals surface area contributed by atoms with Crippen molar-refractivity contribution in [2.45, 2.75) is 32.6 Å². The van der Waals surface area contributed by atoms with Crippen molar-refractivity contribution in [3.63, 3.8) is 0 Å². The maximum atomic E-state index is 11.5. The first-order chi connectivity index (χ1) is 15.3. The minimum atomic E-state index is -0.437. The lowest BCUT2D eigenvalue weighted by Gasteiger charge is -2.05. The molecule has 0 aliphatic carbocycles. The fourth-order valence-corrected chi connectivity index (χ4v) is 4.27. The number of aromatic nitrogens is 1. The number of hydrogen-bond acceptors (Lipinski definition) is 5. The highest BCUT2D eigenvalue weighted by Crippen LogP contribution is 2.26. The van der Waals surface area contributed by atoms with Crippen molar-refractivity contribution in [2.75, 3.05) is 5.32 Å². The first-order valence-electron chi connectivity index (χ1n) is 10.1. The van der Waals surface area contributed by atoms with Crippen molar-refractivity contribution in [1.29, 1.82) is 0 Å². The van der Waals surface area contributed by atoms with E-state index in [1.54, 1.807) is 12.1 Å². The van der Waals surface area contributed by atoms with Crippen LogP contribution in [0.1, 0.15) is 39.0 Å². The topological polar surface area (TPSA) is 149 Å². The van der Waals surface area contributed by atoms with E-state index >= 15 is 0 Å². The molecule has 3 rings (SSSR count). The first-order valence-corrected chi connectivity index (χ1v) is 11.0. The maximum absolute atomic E-state index is 11.5. The smallest absolute Gasteiger partial charge is 0.248 e. The highest BCUT2D eigenvalue weighted by Gasteiger charge is 2.13. The molecule has 0 atom stereocenters. The Kier molecular flexibility index (Phi) is 7.56. The van der Waals surface area contributed by atoms with Crippen molar-refractivity contribution in [3.8, 4) is 0 Å². The van der Waals surface area contributed by atoms with Gasteiger partial charge in [-0.05, 0) is 61.1 Å². The van der Waals surface area contributed by atoms with Gasteiger partial charge in [-0.2, -0.15) is 0 Å². The fourth-order valence-electron chi connectivity index (χ4n) is 3.22. The van der Waals surface area contributed by atoms with E-state index in [0.29, 0.717) is 16.4 Å². The van der Waals surface area contributed by atoms with Crippen LogP contribution in [0.5, 0.6) is 0 Å². The number of hydrogen-bond donors (Lipinski definition) is 4. The van der Waals surface area contributed by atoms with Crippen LogP contribution in [0.15, 0.2) is 53.5 Å². The van der Waals surface area contributed by atoms with Crippen LogP contribution in [0, 0.1) is 0 Å². The summed E-state index contributed by atoms with van der Waals surface area (Å²) in [5.41, 5.74) is 20.5. The Hall–Kier alpha value is -3.72. The van der Waals surface area contributed by atoms with Gasteiger partial charge in [-0.3, -0.25) is 9.59 Å². The summed E-state index contributed by atoms with van der Waals surface area (Å²) in [7, 11) is 0. The third kappa shape index (κ3) is 6.64. The number of primary amides is 1. The molecule has 9 heteroatoms. The summed E-state index contributed by atoms with van der Waals surface area (Å²) in [6, 6.07) is 15.0. The number of amides is 2. The zero-order valence-corrected chi connectivity index (χ0v) is 18.6. The predicted octanol–water partition coefficient (Wildman–Crippen LogP) is 2.68. The molecule has 2 aromatic carbocycles. The molecule has 0 radical (unpaired) electrons. The number of guanidine groups is 1. The standard InChI is InChI=1S/C23H26N6O2S/c1-14(30)27-23-29-19(12-6-16-4-10-18(11-5-16)28-22(25)26)20(32-23)13-7-15-2-8-17(9-3-15)21(24)31/h2-5,8-11H,6-7,12-13H2,1H3,(H2,24,31)(H4,25,26,28)(H,27,29,30). The van der Waals surface area contributed by atoms with E-state index in [1.807, 2.05) is 36.4 Å². The number of nitrogens with one attached hydrogen (secondary N) is 1. The van der Waals surface area contributed by atoms with Gasteiger partial charge in [0.25, 0.3) is 0 Å². The molecule has 32 heavy (non-hydrogen) atoms. The third-order valence-electron chi connectivity index (χ3n) is 4.79. The predicted molar refractivity (Wildman–Crippen MR) is 128 cm³/mol. The molecular weight excluding hydrogens is 424 g/mol. The molecule has 1 aromatic heterocycles. The van der Waals surface area contributed by atoms with Crippen LogP contribution in [0.2, 0.25) is 0 Å². The van der Waals surface area contributed by atoms with Crippen LogP contribution in [-0.2, 0) is 30.5 Å². The van der Waals surface area contributed by atoms with Gasteiger partial charge in [-0.1, -0.05) is 24.3 Å². The molecule has 0 aliphatic heterocycles. The molecule has 8 nitrogen and oxygen atoms in total. The second-order valence-corrected chi connectivity index (χ2v) is 8.42. The summed E-state index contributed by atoms with van der Waals surface area (Å²) in [5, 5.41) is 3.39. The molecule has 0 saturated carbocycles. The van der Waals surface area contributed by atoms with Gasteiger partial charge in [0.15, 0.2) is 11.1 Å². The summed E-state index contributed by atoms with van der Waals surface area (Å²) in [6.45, 7) is 1.47. The minimum absolute atomic E-state index is 0.0274. The van der Waals surface area contributed by atoms with Crippen LogP contribution < -0.4 is 22.5 Å². The number of carbonyl (C=O) groups excluding carboxylic acids is 2. The van der Waals surface area contributed by atoms with Crippen LogP contribution in [0.4, 0.5) is 10.8 Å². The van der Waals surface area contributed by atoms with Crippen molar-refractivity contribution >= 4 is 39.9 Å². The van der Waals surface area contributed by atoms with Crippen LogP contribution >= 0.6 is 11.3 Å². The van der Waals surface area contributed by atoms with Gasteiger partial charge >= 0.3 is 0 Å². The Morgan fingerprint density at radius 2 is 1.50 bits per heavy atom. The van der Waals surface area contributed by atoms with E-state index in [9.17, 15) is 9.59 Å². The molecule has 0 fully saturated rings. The minimum Gasteiger partial charge on any atom is -0.370 e. The van der Waals surface area contributed by atoms with E-state index in [2.05, 4.69) is 15.3 Å². The van der Waals surface area contributed by atoms with Gasteiger partial charge in [-0.25, -0.2) is 9.98 Å². The lowest BCUT2D eigenvalue weighted by molar-refractivity contribution is -0.114. The Balaban J connectivity index is 1.70. The molecule has 0 unspecified atom stereocenters. The summed E-state index contributed by atoms with van der Waals surface area (Å²) in [5.74, 6) is -0.554. The Bertz CT molecular complexity index is 1120. The first kappa shape index (κ1) is 23.0. The summed E-state index contributed by atoms with van der Waals surface area (Å²) in [4.78, 5) is 32.5. The molecular formula is C23H26N6O2S. The number of nitrogens with two attached hydrogens (primary N) is 3. The molecule has 0 aliphatic rings. The molecule has 2 amide bonds. The maximum Gasteiger partial charge on any atom is 0.248 e. The zero-order valence-electron chi connectivity index (χ0n) is 17.8. The van der Waals surface area contributed by atoms with E-state index in [4.69, 9.17) is 17.2 Å². The molecule has 7 N–H and O–H groups in total. The number of nitrogens with zero attached hydrogens (tertiary/aromatic N) is 2. The second kappa shape index (κ2) is 10.5. The highest BCUT2D eigenvalue weighted by molar-refractivity contribution is 7.15. The molecule has 1 heterocycles. The monoisotopic (exact) mass is 450 g/mol. The average Bonchev–Trinajstić information content (AvgIpc) is 3.12. The number of rotatable bonds is 9. The van der Waals surface area contributed by atoms with Crippen LogP contribution in [-0.4, -0.2) is 22.8 Å². The Morgan fingerprint density at radius 3 is 2.06 bits per heavy atom. The molecule has 0 saturated heterocycles. The van der Waals surface area contributed by atoms with E-state index in [0.717, 1.165) is 47.4 Å². The number of aliphatic imine (C=N–C) groups is 1. The van der Waals surface area contributed by atoms with E-state index in [1.165, 1.54) is 18.3 Å². The molecule has 0 bridgehead atoms. The summed E-state index contributed by atoms with van der Waals surface area (Å²) >= 11 is 1.50. The van der Waals surface area contributed by atoms with Crippen molar-refractivity contribution in [3.05, 3.63) is 75.8 Å². The van der Waals surface area contributed by atoms with Gasteiger partial charge < -0.3 is 22.5 Å². The zero-order chi connectivity index (χ0) is 23.1. The van der Waals surface area contributed by atoms with Crippen molar-refractivity contribution in [2.24, 2.45) is 22.2 Å². The van der Waals surface area contributed by atoms with E-state index in [-0.39, 0.29) is 11.9 Å². The van der Waals surface area contributed by atoms with Crippen LogP contribution in [0.25, 0.3) is 0 Å². The van der Waals surface area contributed by atoms with Crippen molar-refractivity contribution in [1.82, 2.24) is 4.98 Å². The number of aryl methyl sites for hydroxylation is 4. The highest BCUT2D eigenvalue weighted by atomic mass is 32.1. The Morgan fingerprint density at radius 1 is 0.906 bits per heavy atom. The molecule has 0 spiro atoms. The van der Waals surface area contributed by atoms with Gasteiger partial charge in [0.05, 0.1) is 11.4 Å². The number of thiazole rings is 1. The largest absolute Gasteiger partial charge is 0.370 e. The van der Waals surface area contributed by atoms with E-state index < -0.39 is 5.91 Å². The normalized spacial score (nSPS) is 10.5. The number of carbonyl (C=O) groups is 2. The lowest BCUT2D eigenvalue weighted by Crippen LogP contribution is -2.21. The molecule has 166 valence electrons. The van der Waals surface area contributed by atoms with Gasteiger partial charge in [0.2, 0.25) is 11.8 Å². The number of benzene rings is 2. The SMILES string of the molecule is CC(=O)Nc1nc(CCc2ccc(N=C(N)N)cc2)c(CCc2ccc(C(N)=O)cc2)s1. The summed E-state index contributed by atoms with van der Waals surface area (Å²) < 4.78 is 0. The Labute approximate surface area is 190 Å². The molecule has 3 aromatic rings. The fraction of sp³-hybridized carbons (Fsp3) is 0.217. The van der Waals surface area contributed by atoms with Crippen LogP contribution in [0.3, 0.4) is 0 Å². The quantitative estimate of drug-likeness (QED) is 0.292.